The van der Waals surface area contributed by atoms with E-state index in [0.29, 0.717) is 27.9 Å². The van der Waals surface area contributed by atoms with Gasteiger partial charge in [-0.2, -0.15) is 0 Å². The molecule has 0 aromatic heterocycles. The molecule has 136 valence electrons. The number of amides is 1. The van der Waals surface area contributed by atoms with E-state index in [1.165, 1.54) is 6.92 Å². The molecular formula is C19H18BrNO5. The van der Waals surface area contributed by atoms with Crippen molar-refractivity contribution < 1.29 is 23.9 Å². The van der Waals surface area contributed by atoms with Crippen LogP contribution in [0.15, 0.2) is 46.9 Å². The van der Waals surface area contributed by atoms with E-state index in [9.17, 15) is 14.4 Å². The van der Waals surface area contributed by atoms with Gasteiger partial charge in [0.1, 0.15) is 6.61 Å². The number of esters is 2. The summed E-state index contributed by atoms with van der Waals surface area (Å²) in [5, 5.41) is 2.60. The van der Waals surface area contributed by atoms with Gasteiger partial charge in [0.15, 0.2) is 0 Å². The number of hydrogen-bond donors (Lipinski definition) is 1. The van der Waals surface area contributed by atoms with Crippen LogP contribution in [-0.2, 0) is 20.9 Å². The van der Waals surface area contributed by atoms with Crippen molar-refractivity contribution in [3.05, 3.63) is 63.6 Å². The van der Waals surface area contributed by atoms with Crippen LogP contribution in [0.5, 0.6) is 0 Å². The second-order valence-electron chi connectivity index (χ2n) is 5.33. The van der Waals surface area contributed by atoms with Crippen LogP contribution in [0.2, 0.25) is 0 Å². The number of hydrogen-bond acceptors (Lipinski definition) is 5. The van der Waals surface area contributed by atoms with Crippen molar-refractivity contribution in [2.75, 3.05) is 11.9 Å². The van der Waals surface area contributed by atoms with Crippen molar-refractivity contribution in [1.82, 2.24) is 0 Å². The lowest BCUT2D eigenvalue weighted by atomic mass is 10.1. The highest BCUT2D eigenvalue weighted by molar-refractivity contribution is 9.10. The van der Waals surface area contributed by atoms with Gasteiger partial charge >= 0.3 is 11.9 Å². The molecule has 0 aliphatic carbocycles. The highest BCUT2D eigenvalue weighted by Gasteiger charge is 2.15. The predicted octanol–water partition coefficient (Wildman–Crippen LogP) is 3.94. The van der Waals surface area contributed by atoms with Crippen LogP contribution in [-0.4, -0.2) is 24.5 Å². The maximum absolute atomic E-state index is 12.3. The van der Waals surface area contributed by atoms with E-state index in [2.05, 4.69) is 21.2 Å². The molecule has 0 spiro atoms. The molecule has 0 fully saturated rings. The monoisotopic (exact) mass is 419 g/mol. The SMILES string of the molecule is CCOC(=O)c1ccc(COC(=O)c2ccccc2NC(C)=O)c(Br)c1. The average molecular weight is 420 g/mol. The Bertz CT molecular complexity index is 834. The maximum atomic E-state index is 12.3. The van der Waals surface area contributed by atoms with Gasteiger partial charge in [-0.1, -0.05) is 34.1 Å². The second kappa shape index (κ2) is 9.15. The van der Waals surface area contributed by atoms with Gasteiger partial charge in [0.05, 0.1) is 23.4 Å². The Labute approximate surface area is 159 Å². The molecule has 1 N–H and O–H groups in total. The number of ether oxygens (including phenoxy) is 2. The zero-order valence-electron chi connectivity index (χ0n) is 14.4. The molecule has 2 rings (SSSR count). The summed E-state index contributed by atoms with van der Waals surface area (Å²) in [7, 11) is 0. The zero-order valence-corrected chi connectivity index (χ0v) is 16.0. The fourth-order valence-electron chi connectivity index (χ4n) is 2.19. The molecule has 6 nitrogen and oxygen atoms in total. The third kappa shape index (κ3) is 5.16. The minimum absolute atomic E-state index is 0.0108. The molecule has 1 amide bonds. The predicted molar refractivity (Wildman–Crippen MR) is 100.0 cm³/mol. The summed E-state index contributed by atoms with van der Waals surface area (Å²) < 4.78 is 10.9. The third-order valence-corrected chi connectivity index (χ3v) is 4.12. The minimum Gasteiger partial charge on any atom is -0.462 e. The average Bonchev–Trinajstić information content (AvgIpc) is 2.60. The summed E-state index contributed by atoms with van der Waals surface area (Å²) in [5.41, 5.74) is 1.76. The standard InChI is InChI=1S/C19H18BrNO5/c1-3-25-18(23)13-8-9-14(16(20)10-13)11-26-19(24)15-6-4-5-7-17(15)21-12(2)22/h4-10H,3,11H2,1-2H3,(H,21,22). The molecule has 0 aliphatic rings. The number of carbonyl (C=O) groups is 3. The largest absolute Gasteiger partial charge is 0.462 e. The van der Waals surface area contributed by atoms with Crippen LogP contribution in [0.3, 0.4) is 0 Å². The van der Waals surface area contributed by atoms with Gasteiger partial charge in [0.25, 0.3) is 0 Å². The van der Waals surface area contributed by atoms with E-state index in [1.807, 2.05) is 0 Å². The van der Waals surface area contributed by atoms with Crippen LogP contribution < -0.4 is 5.32 Å². The van der Waals surface area contributed by atoms with Crippen molar-refractivity contribution in [3.63, 3.8) is 0 Å². The zero-order chi connectivity index (χ0) is 19.1. The fourth-order valence-corrected chi connectivity index (χ4v) is 2.68. The summed E-state index contributed by atoms with van der Waals surface area (Å²) in [6.07, 6.45) is 0. The molecule has 0 heterocycles. The smallest absolute Gasteiger partial charge is 0.340 e. The van der Waals surface area contributed by atoms with Crippen molar-refractivity contribution in [2.24, 2.45) is 0 Å². The number of rotatable bonds is 6. The van der Waals surface area contributed by atoms with Gasteiger partial charge < -0.3 is 14.8 Å². The van der Waals surface area contributed by atoms with Crippen LogP contribution >= 0.6 is 15.9 Å². The first kappa shape index (κ1) is 19.7. The van der Waals surface area contributed by atoms with E-state index in [0.717, 1.165) is 0 Å². The molecule has 0 aliphatic heterocycles. The Morgan fingerprint density at radius 3 is 2.42 bits per heavy atom. The molecule has 0 saturated carbocycles. The number of nitrogens with one attached hydrogen (secondary N) is 1. The second-order valence-corrected chi connectivity index (χ2v) is 6.18. The number of benzene rings is 2. The third-order valence-electron chi connectivity index (χ3n) is 3.38. The van der Waals surface area contributed by atoms with Crippen LogP contribution in [0.1, 0.15) is 40.1 Å². The highest BCUT2D eigenvalue weighted by Crippen LogP contribution is 2.22. The van der Waals surface area contributed by atoms with E-state index in [4.69, 9.17) is 9.47 Å². The Kier molecular flexibility index (Phi) is 6.91. The lowest BCUT2D eigenvalue weighted by molar-refractivity contribution is -0.114. The van der Waals surface area contributed by atoms with Gasteiger partial charge in [-0.3, -0.25) is 4.79 Å². The van der Waals surface area contributed by atoms with E-state index < -0.39 is 11.9 Å². The summed E-state index contributed by atoms with van der Waals surface area (Å²) in [6, 6.07) is 11.5. The number of halogens is 1. The van der Waals surface area contributed by atoms with Crippen molar-refractivity contribution >= 4 is 39.5 Å². The van der Waals surface area contributed by atoms with Crippen molar-refractivity contribution in [2.45, 2.75) is 20.5 Å². The van der Waals surface area contributed by atoms with Gasteiger partial charge in [-0.15, -0.1) is 0 Å². The fraction of sp³-hybridized carbons (Fsp3) is 0.211. The first-order valence-corrected chi connectivity index (χ1v) is 8.71. The molecule has 2 aromatic rings. The summed E-state index contributed by atoms with van der Waals surface area (Å²) >= 11 is 3.36. The Morgan fingerprint density at radius 1 is 1.04 bits per heavy atom. The first-order valence-electron chi connectivity index (χ1n) is 7.91. The molecule has 2 aromatic carbocycles. The normalized spacial score (nSPS) is 10.1. The number of para-hydroxylation sites is 1. The molecule has 0 bridgehead atoms. The Morgan fingerprint density at radius 2 is 1.77 bits per heavy atom. The van der Waals surface area contributed by atoms with Gasteiger partial charge in [0, 0.05) is 17.0 Å². The molecule has 0 unspecified atom stereocenters. The van der Waals surface area contributed by atoms with E-state index >= 15 is 0 Å². The summed E-state index contributed by atoms with van der Waals surface area (Å²) in [5.74, 6) is -1.25. The molecule has 26 heavy (non-hydrogen) atoms. The molecule has 0 saturated heterocycles. The number of carbonyl (C=O) groups excluding carboxylic acids is 3. The van der Waals surface area contributed by atoms with E-state index in [1.54, 1.807) is 49.4 Å². The van der Waals surface area contributed by atoms with Crippen molar-refractivity contribution in [1.29, 1.82) is 0 Å². The quantitative estimate of drug-likeness (QED) is 0.716. The van der Waals surface area contributed by atoms with Gasteiger partial charge in [-0.25, -0.2) is 9.59 Å². The first-order chi connectivity index (χ1) is 12.4. The molecule has 0 radical (unpaired) electrons. The summed E-state index contributed by atoms with van der Waals surface area (Å²) in [4.78, 5) is 35.3. The maximum Gasteiger partial charge on any atom is 0.340 e. The topological polar surface area (TPSA) is 81.7 Å². The van der Waals surface area contributed by atoms with Gasteiger partial charge in [0.2, 0.25) is 5.91 Å². The van der Waals surface area contributed by atoms with Crippen molar-refractivity contribution in [3.8, 4) is 0 Å². The number of anilines is 1. The van der Waals surface area contributed by atoms with E-state index in [-0.39, 0.29) is 18.1 Å². The molecule has 7 heteroatoms. The minimum atomic E-state index is -0.560. The Hall–Kier alpha value is -2.67. The summed E-state index contributed by atoms with van der Waals surface area (Å²) in [6.45, 7) is 3.41. The van der Waals surface area contributed by atoms with Crippen LogP contribution in [0, 0.1) is 0 Å². The van der Waals surface area contributed by atoms with Crippen LogP contribution in [0.4, 0.5) is 5.69 Å². The molecule has 0 atom stereocenters. The highest BCUT2D eigenvalue weighted by atomic mass is 79.9. The lowest BCUT2D eigenvalue weighted by Gasteiger charge is -2.11. The molecular weight excluding hydrogens is 402 g/mol. The lowest BCUT2D eigenvalue weighted by Crippen LogP contribution is -2.13. The van der Waals surface area contributed by atoms with Crippen LogP contribution in [0.25, 0.3) is 0 Å². The Balaban J connectivity index is 2.08. The van der Waals surface area contributed by atoms with Gasteiger partial charge in [-0.05, 0) is 31.2 Å².